The van der Waals surface area contributed by atoms with Crippen molar-refractivity contribution in [3.63, 3.8) is 0 Å². The van der Waals surface area contributed by atoms with Crippen LogP contribution in [0.2, 0.25) is 0 Å². The van der Waals surface area contributed by atoms with Gasteiger partial charge in [-0.3, -0.25) is 9.32 Å². The number of esters is 1. The number of imidazole rings is 1. The fraction of sp³-hybridized carbons (Fsp3) is 0.393. The van der Waals surface area contributed by atoms with E-state index in [0.717, 1.165) is 28.8 Å². The van der Waals surface area contributed by atoms with Crippen LogP contribution in [-0.4, -0.2) is 45.3 Å². The maximum absolute atomic E-state index is 14.1. The highest BCUT2D eigenvalue weighted by molar-refractivity contribution is 7.52. The lowest BCUT2D eigenvalue weighted by atomic mass is 10.2. The Balaban J connectivity index is 1.68. The number of carbonyl (C=O) groups excluding carboxylic acids is 1. The standard InChI is InChI=1S/C28H37N6O5P/c1-6-30-16-24-32-25-26(22-14-10-11-15-23(22)31-27(25)29)34(24)17-19(4)38-40(36,39-21-12-8-7-9-13-21)33-20(5)28(35)37-18(2)3/h7-15,18-20,30H,6,16-17H2,1-5H3,(H2,29,31)(H,33,36)/t19-,20+,40-/m1/s1. The summed E-state index contributed by atoms with van der Waals surface area (Å²) in [7, 11) is -4.06. The van der Waals surface area contributed by atoms with Gasteiger partial charge in [0.1, 0.15) is 23.1 Å². The molecule has 0 spiro atoms. The van der Waals surface area contributed by atoms with Crippen LogP contribution < -0.4 is 20.7 Å². The average molecular weight is 569 g/mol. The number of rotatable bonds is 13. The molecule has 0 fully saturated rings. The summed E-state index contributed by atoms with van der Waals surface area (Å²) in [5.41, 5.74) is 8.46. The number of hydrogen-bond donors (Lipinski definition) is 3. The number of carbonyl (C=O) groups is 1. The Morgan fingerprint density at radius 1 is 1.05 bits per heavy atom. The van der Waals surface area contributed by atoms with E-state index in [1.165, 1.54) is 0 Å². The fourth-order valence-electron chi connectivity index (χ4n) is 4.32. The minimum atomic E-state index is -4.06. The lowest BCUT2D eigenvalue weighted by molar-refractivity contribution is -0.149. The number of fused-ring (bicyclic) bond motifs is 3. The third-order valence-electron chi connectivity index (χ3n) is 6.01. The molecule has 0 radical (unpaired) electrons. The molecule has 0 saturated carbocycles. The molecule has 4 aromatic rings. The van der Waals surface area contributed by atoms with Gasteiger partial charge in [0.15, 0.2) is 5.82 Å². The second kappa shape index (κ2) is 12.8. The summed E-state index contributed by atoms with van der Waals surface area (Å²) in [5, 5.41) is 6.95. The van der Waals surface area contributed by atoms with Crippen LogP contribution in [0.15, 0.2) is 54.6 Å². The van der Waals surface area contributed by atoms with Crippen LogP contribution in [0.1, 0.15) is 40.4 Å². The number of aromatic nitrogens is 3. The van der Waals surface area contributed by atoms with Crippen LogP contribution in [0.25, 0.3) is 21.9 Å². The van der Waals surface area contributed by atoms with Gasteiger partial charge in [-0.1, -0.05) is 43.3 Å². The van der Waals surface area contributed by atoms with Crippen molar-refractivity contribution in [1.82, 2.24) is 24.9 Å². The number of nitrogens with two attached hydrogens (primary N) is 1. The Bertz CT molecular complexity index is 1510. The van der Waals surface area contributed by atoms with Gasteiger partial charge in [0.05, 0.1) is 36.3 Å². The Morgan fingerprint density at radius 2 is 1.75 bits per heavy atom. The zero-order chi connectivity index (χ0) is 28.9. The van der Waals surface area contributed by atoms with Crippen molar-refractivity contribution >= 4 is 41.5 Å². The number of nitrogens with zero attached hydrogens (tertiary/aromatic N) is 3. The summed E-state index contributed by atoms with van der Waals surface area (Å²) < 4.78 is 33.3. The van der Waals surface area contributed by atoms with Crippen LogP contribution in [0.5, 0.6) is 5.75 Å². The molecule has 2 aromatic heterocycles. The normalized spacial score (nSPS) is 14.8. The van der Waals surface area contributed by atoms with Crippen molar-refractivity contribution in [1.29, 1.82) is 0 Å². The van der Waals surface area contributed by atoms with Crippen LogP contribution in [0.4, 0.5) is 5.82 Å². The van der Waals surface area contributed by atoms with E-state index in [1.54, 1.807) is 52.0 Å². The predicted octanol–water partition coefficient (Wildman–Crippen LogP) is 4.80. The minimum absolute atomic E-state index is 0.277. The van der Waals surface area contributed by atoms with Gasteiger partial charge in [0.25, 0.3) is 0 Å². The van der Waals surface area contributed by atoms with Crippen molar-refractivity contribution in [3.8, 4) is 5.75 Å². The zero-order valence-corrected chi connectivity index (χ0v) is 24.4. The topological polar surface area (TPSA) is 143 Å². The lowest BCUT2D eigenvalue weighted by Crippen LogP contribution is -2.37. The summed E-state index contributed by atoms with van der Waals surface area (Å²) in [6.07, 6.45) is -0.964. The first-order valence-corrected chi connectivity index (χ1v) is 14.9. The van der Waals surface area contributed by atoms with Crippen LogP contribution in [-0.2, 0) is 31.7 Å². The van der Waals surface area contributed by atoms with Gasteiger partial charge < -0.3 is 24.9 Å². The second-order valence-corrected chi connectivity index (χ2v) is 11.4. The van der Waals surface area contributed by atoms with Crippen molar-refractivity contribution in [2.45, 2.75) is 66.0 Å². The molecule has 4 rings (SSSR count). The Hall–Kier alpha value is -3.50. The Labute approximate surface area is 234 Å². The van der Waals surface area contributed by atoms with Crippen molar-refractivity contribution < 1.29 is 23.1 Å². The smallest absolute Gasteiger partial charge is 0.459 e. The summed E-state index contributed by atoms with van der Waals surface area (Å²) in [6, 6.07) is 15.4. The molecule has 4 N–H and O–H groups in total. The SMILES string of the molecule is CCNCc1nc2c(N)nc3ccccc3c2n1C[C@@H](C)O[P@](=O)(N[C@@H](C)C(=O)OC(C)C)Oc1ccccc1. The van der Waals surface area contributed by atoms with E-state index in [1.807, 2.05) is 41.8 Å². The van der Waals surface area contributed by atoms with Crippen LogP contribution >= 0.6 is 7.75 Å². The first-order chi connectivity index (χ1) is 19.1. The van der Waals surface area contributed by atoms with Crippen molar-refractivity contribution in [3.05, 3.63) is 60.4 Å². The molecule has 0 aliphatic heterocycles. The number of nitrogen functional groups attached to an aromatic ring is 1. The summed E-state index contributed by atoms with van der Waals surface area (Å²) in [5.74, 6) is 0.834. The molecular weight excluding hydrogens is 531 g/mol. The number of para-hydroxylation sites is 2. The molecule has 0 aliphatic rings. The van der Waals surface area contributed by atoms with E-state index in [0.29, 0.717) is 23.6 Å². The minimum Gasteiger partial charge on any atom is -0.462 e. The molecule has 3 atom stereocenters. The molecule has 0 amide bonds. The monoisotopic (exact) mass is 568 g/mol. The Kier molecular flexibility index (Phi) is 9.42. The Morgan fingerprint density at radius 3 is 2.45 bits per heavy atom. The van der Waals surface area contributed by atoms with E-state index in [4.69, 9.17) is 24.5 Å². The maximum Gasteiger partial charge on any atom is 0.459 e. The highest BCUT2D eigenvalue weighted by atomic mass is 31.2. The average Bonchev–Trinajstić information content (AvgIpc) is 3.26. The van der Waals surface area contributed by atoms with Crippen LogP contribution in [0.3, 0.4) is 0 Å². The molecular formula is C28H37N6O5P. The lowest BCUT2D eigenvalue weighted by Gasteiger charge is -2.26. The quantitative estimate of drug-likeness (QED) is 0.152. The van der Waals surface area contributed by atoms with Gasteiger partial charge in [-0.2, -0.15) is 5.09 Å². The molecule has 0 bridgehead atoms. The van der Waals surface area contributed by atoms with Gasteiger partial charge in [0.2, 0.25) is 0 Å². The molecule has 0 saturated heterocycles. The fourth-order valence-corrected chi connectivity index (χ4v) is 6.00. The maximum atomic E-state index is 14.1. The van der Waals surface area contributed by atoms with E-state index in [-0.39, 0.29) is 12.6 Å². The summed E-state index contributed by atoms with van der Waals surface area (Å²) in [4.78, 5) is 21.8. The number of nitrogens with one attached hydrogen (secondary N) is 2. The first-order valence-electron chi connectivity index (χ1n) is 13.4. The van der Waals surface area contributed by atoms with E-state index < -0.39 is 25.9 Å². The number of hydrogen-bond acceptors (Lipinski definition) is 9. The molecule has 12 heteroatoms. The van der Waals surface area contributed by atoms with Gasteiger partial charge in [-0.05, 0) is 52.4 Å². The molecule has 2 aromatic carbocycles. The van der Waals surface area contributed by atoms with E-state index in [9.17, 15) is 9.36 Å². The third-order valence-corrected chi connectivity index (χ3v) is 7.80. The zero-order valence-electron chi connectivity index (χ0n) is 23.5. The molecule has 0 aliphatic carbocycles. The highest BCUT2D eigenvalue weighted by Gasteiger charge is 2.35. The molecule has 2 heterocycles. The molecule has 11 nitrogen and oxygen atoms in total. The van der Waals surface area contributed by atoms with Gasteiger partial charge in [-0.25, -0.2) is 14.5 Å². The first kappa shape index (κ1) is 29.5. The largest absolute Gasteiger partial charge is 0.462 e. The summed E-state index contributed by atoms with van der Waals surface area (Å²) in [6.45, 7) is 10.4. The molecule has 40 heavy (non-hydrogen) atoms. The van der Waals surface area contributed by atoms with Crippen molar-refractivity contribution in [2.24, 2.45) is 0 Å². The van der Waals surface area contributed by atoms with Gasteiger partial charge in [-0.15, -0.1) is 0 Å². The van der Waals surface area contributed by atoms with Gasteiger partial charge in [0, 0.05) is 5.39 Å². The number of anilines is 1. The number of ether oxygens (including phenoxy) is 1. The number of benzene rings is 2. The summed E-state index contributed by atoms with van der Waals surface area (Å²) >= 11 is 0. The second-order valence-electron chi connectivity index (χ2n) is 9.78. The van der Waals surface area contributed by atoms with E-state index >= 15 is 0 Å². The van der Waals surface area contributed by atoms with E-state index in [2.05, 4.69) is 15.4 Å². The molecule has 214 valence electrons. The molecule has 0 unspecified atom stereocenters. The third kappa shape index (κ3) is 6.98. The predicted molar refractivity (Wildman–Crippen MR) is 156 cm³/mol. The van der Waals surface area contributed by atoms with Crippen LogP contribution in [0, 0.1) is 0 Å². The number of pyridine rings is 1. The van der Waals surface area contributed by atoms with Crippen molar-refractivity contribution in [2.75, 3.05) is 12.3 Å². The highest BCUT2D eigenvalue weighted by Crippen LogP contribution is 2.46. The van der Waals surface area contributed by atoms with Gasteiger partial charge >= 0.3 is 13.7 Å².